The number of anilines is 1. The highest BCUT2D eigenvalue weighted by molar-refractivity contribution is 6.31. The normalized spacial score (nSPS) is 10.7. The van der Waals surface area contributed by atoms with E-state index in [-0.39, 0.29) is 22.9 Å². The first kappa shape index (κ1) is 17.2. The predicted octanol–water partition coefficient (Wildman–Crippen LogP) is 4.46. The van der Waals surface area contributed by atoms with Crippen LogP contribution in [0.3, 0.4) is 0 Å². The molecule has 1 heterocycles. The van der Waals surface area contributed by atoms with Gasteiger partial charge in [-0.05, 0) is 44.2 Å². The number of nitrogens with zero attached hydrogens (tertiary/aromatic N) is 2. The van der Waals surface area contributed by atoms with Crippen molar-refractivity contribution in [2.24, 2.45) is 0 Å². The molecule has 0 saturated heterocycles. The number of nitrogens with one attached hydrogen (secondary N) is 1. The summed E-state index contributed by atoms with van der Waals surface area (Å²) in [7, 11) is 0. The zero-order chi connectivity index (χ0) is 18.0. The van der Waals surface area contributed by atoms with E-state index in [0.29, 0.717) is 5.69 Å². The van der Waals surface area contributed by atoms with Crippen LogP contribution in [0.5, 0.6) is 0 Å². The third kappa shape index (κ3) is 3.72. The minimum Gasteiger partial charge on any atom is -0.324 e. The lowest BCUT2D eigenvalue weighted by Gasteiger charge is -2.13. The van der Waals surface area contributed by atoms with Gasteiger partial charge in [0.1, 0.15) is 5.82 Å². The predicted molar refractivity (Wildman–Crippen MR) is 96.8 cm³/mol. The first-order valence-electron chi connectivity index (χ1n) is 7.81. The van der Waals surface area contributed by atoms with Crippen LogP contribution >= 0.6 is 11.6 Å². The molecule has 0 bridgehead atoms. The van der Waals surface area contributed by atoms with Crippen LogP contribution in [-0.4, -0.2) is 15.7 Å². The van der Waals surface area contributed by atoms with Gasteiger partial charge >= 0.3 is 0 Å². The van der Waals surface area contributed by atoms with Crippen LogP contribution in [0.4, 0.5) is 10.1 Å². The number of rotatable bonds is 4. The lowest BCUT2D eigenvalue weighted by Crippen LogP contribution is -2.17. The summed E-state index contributed by atoms with van der Waals surface area (Å²) in [4.78, 5) is 12.4. The Balaban J connectivity index is 1.86. The Morgan fingerprint density at radius 3 is 2.64 bits per heavy atom. The molecule has 0 fully saturated rings. The van der Waals surface area contributed by atoms with Crippen LogP contribution in [0.2, 0.25) is 5.02 Å². The van der Waals surface area contributed by atoms with Crippen LogP contribution in [0, 0.1) is 19.7 Å². The number of carbonyl (C=O) groups is 1. The molecule has 0 radical (unpaired) electrons. The van der Waals surface area contributed by atoms with Crippen molar-refractivity contribution in [1.82, 2.24) is 9.78 Å². The van der Waals surface area contributed by atoms with E-state index in [1.807, 2.05) is 38.1 Å². The highest BCUT2D eigenvalue weighted by atomic mass is 35.5. The zero-order valence-corrected chi connectivity index (χ0v) is 14.6. The Morgan fingerprint density at radius 2 is 1.96 bits per heavy atom. The smallest absolute Gasteiger partial charge is 0.229 e. The number of amides is 1. The summed E-state index contributed by atoms with van der Waals surface area (Å²) in [5.41, 5.74) is 3.38. The van der Waals surface area contributed by atoms with Crippen molar-refractivity contribution in [2.75, 3.05) is 5.32 Å². The topological polar surface area (TPSA) is 46.9 Å². The number of hydrogen-bond donors (Lipinski definition) is 1. The van der Waals surface area contributed by atoms with Crippen LogP contribution in [-0.2, 0) is 11.2 Å². The molecule has 0 aliphatic carbocycles. The third-order valence-electron chi connectivity index (χ3n) is 3.81. The van der Waals surface area contributed by atoms with Crippen LogP contribution in [0.1, 0.15) is 17.0 Å². The molecule has 6 heteroatoms. The van der Waals surface area contributed by atoms with Gasteiger partial charge in [0.25, 0.3) is 0 Å². The van der Waals surface area contributed by atoms with Gasteiger partial charge in [0, 0.05) is 16.3 Å². The van der Waals surface area contributed by atoms with Gasteiger partial charge in [-0.3, -0.25) is 4.79 Å². The van der Waals surface area contributed by atoms with E-state index >= 15 is 0 Å². The zero-order valence-electron chi connectivity index (χ0n) is 13.9. The second-order valence-corrected chi connectivity index (χ2v) is 6.19. The Labute approximate surface area is 150 Å². The van der Waals surface area contributed by atoms with Gasteiger partial charge in [0.15, 0.2) is 0 Å². The highest BCUT2D eigenvalue weighted by Crippen LogP contribution is 2.23. The molecule has 25 heavy (non-hydrogen) atoms. The lowest BCUT2D eigenvalue weighted by atomic mass is 10.1. The van der Waals surface area contributed by atoms with Gasteiger partial charge in [0.2, 0.25) is 5.91 Å². The molecule has 0 saturated carbocycles. The maximum Gasteiger partial charge on any atom is 0.229 e. The molecule has 0 aliphatic heterocycles. The summed E-state index contributed by atoms with van der Waals surface area (Å²) in [6.45, 7) is 3.85. The van der Waals surface area contributed by atoms with E-state index in [0.717, 1.165) is 17.1 Å². The molecular formula is C19H17ClFN3O. The molecule has 1 amide bonds. The summed E-state index contributed by atoms with van der Waals surface area (Å²) in [6, 6.07) is 13.7. The first-order valence-corrected chi connectivity index (χ1v) is 8.19. The molecule has 3 rings (SSSR count). The van der Waals surface area contributed by atoms with Gasteiger partial charge < -0.3 is 5.32 Å². The fourth-order valence-electron chi connectivity index (χ4n) is 2.69. The number of aryl methyl sites for hydroxylation is 2. The largest absolute Gasteiger partial charge is 0.324 e. The SMILES string of the molecule is Cc1cc(C)n(-c2ccccc2NC(=O)Cc2c(F)cccc2Cl)n1. The van der Waals surface area contributed by atoms with Gasteiger partial charge in [-0.2, -0.15) is 5.10 Å². The molecule has 0 aliphatic rings. The molecule has 0 atom stereocenters. The maximum atomic E-state index is 13.9. The summed E-state index contributed by atoms with van der Waals surface area (Å²) in [5, 5.41) is 7.51. The number of para-hydroxylation sites is 2. The van der Waals surface area contributed by atoms with Crippen LogP contribution in [0.15, 0.2) is 48.5 Å². The van der Waals surface area contributed by atoms with E-state index in [1.165, 1.54) is 12.1 Å². The first-order chi connectivity index (χ1) is 12.0. The number of carbonyl (C=O) groups excluding carboxylic acids is 1. The second kappa shape index (κ2) is 7.07. The Hall–Kier alpha value is -2.66. The van der Waals surface area contributed by atoms with Crippen LogP contribution < -0.4 is 5.32 Å². The van der Waals surface area contributed by atoms with Gasteiger partial charge in [-0.25, -0.2) is 9.07 Å². The van der Waals surface area contributed by atoms with E-state index in [4.69, 9.17) is 11.6 Å². The molecule has 1 N–H and O–H groups in total. The standard InChI is InChI=1S/C19H17ClFN3O/c1-12-10-13(2)24(23-12)18-9-4-3-8-17(18)22-19(25)11-14-15(20)6-5-7-16(14)21/h3-10H,11H2,1-2H3,(H,22,25). The Morgan fingerprint density at radius 1 is 1.20 bits per heavy atom. The average molecular weight is 358 g/mol. The maximum absolute atomic E-state index is 13.9. The quantitative estimate of drug-likeness (QED) is 0.749. The molecule has 4 nitrogen and oxygen atoms in total. The average Bonchev–Trinajstić information content (AvgIpc) is 2.90. The van der Waals surface area contributed by atoms with Crippen molar-refractivity contribution in [2.45, 2.75) is 20.3 Å². The fraction of sp³-hybridized carbons (Fsp3) is 0.158. The van der Waals surface area contributed by atoms with Gasteiger partial charge in [-0.1, -0.05) is 29.8 Å². The van der Waals surface area contributed by atoms with Crippen molar-refractivity contribution >= 4 is 23.2 Å². The molecular weight excluding hydrogens is 341 g/mol. The highest BCUT2D eigenvalue weighted by Gasteiger charge is 2.15. The lowest BCUT2D eigenvalue weighted by molar-refractivity contribution is -0.115. The van der Waals surface area contributed by atoms with Crippen molar-refractivity contribution in [1.29, 1.82) is 0 Å². The summed E-state index contributed by atoms with van der Waals surface area (Å²) in [5.74, 6) is -0.838. The molecule has 3 aromatic rings. The van der Waals surface area contributed by atoms with E-state index in [9.17, 15) is 9.18 Å². The van der Waals surface area contributed by atoms with Gasteiger partial charge in [0.05, 0.1) is 23.5 Å². The number of halogens is 2. The summed E-state index contributed by atoms with van der Waals surface area (Å²) >= 11 is 5.99. The number of aromatic nitrogens is 2. The number of hydrogen-bond acceptors (Lipinski definition) is 2. The van der Waals surface area contributed by atoms with Crippen molar-refractivity contribution in [3.63, 3.8) is 0 Å². The van der Waals surface area contributed by atoms with E-state index in [2.05, 4.69) is 10.4 Å². The van der Waals surface area contributed by atoms with Crippen molar-refractivity contribution in [3.8, 4) is 5.69 Å². The molecule has 0 spiro atoms. The number of benzene rings is 2. The summed E-state index contributed by atoms with van der Waals surface area (Å²) < 4.78 is 15.6. The minimum absolute atomic E-state index is 0.142. The minimum atomic E-state index is -0.491. The molecule has 0 unspecified atom stereocenters. The second-order valence-electron chi connectivity index (χ2n) is 5.78. The monoisotopic (exact) mass is 357 g/mol. The Bertz CT molecular complexity index is 916. The van der Waals surface area contributed by atoms with E-state index < -0.39 is 5.82 Å². The third-order valence-corrected chi connectivity index (χ3v) is 4.17. The van der Waals surface area contributed by atoms with Crippen LogP contribution in [0.25, 0.3) is 5.69 Å². The molecule has 2 aromatic carbocycles. The van der Waals surface area contributed by atoms with Crippen molar-refractivity contribution < 1.29 is 9.18 Å². The fourth-order valence-corrected chi connectivity index (χ4v) is 2.92. The van der Waals surface area contributed by atoms with Crippen molar-refractivity contribution in [3.05, 3.63) is 76.3 Å². The van der Waals surface area contributed by atoms with Gasteiger partial charge in [-0.15, -0.1) is 0 Å². The molecule has 1 aromatic heterocycles. The molecule has 128 valence electrons. The summed E-state index contributed by atoms with van der Waals surface area (Å²) in [6.07, 6.45) is -0.142. The van der Waals surface area contributed by atoms with E-state index in [1.54, 1.807) is 16.8 Å². The Kier molecular flexibility index (Phi) is 4.86.